The van der Waals surface area contributed by atoms with E-state index in [1.165, 1.54) is 0 Å². The Morgan fingerprint density at radius 3 is 2.92 bits per heavy atom. The first kappa shape index (κ1) is 16.2. The van der Waals surface area contributed by atoms with Gasteiger partial charge < -0.3 is 14.8 Å². The van der Waals surface area contributed by atoms with Gasteiger partial charge in [-0.3, -0.25) is 14.7 Å². The largest absolute Gasteiger partial charge is 0.350 e. The number of amides is 2. The summed E-state index contributed by atoms with van der Waals surface area (Å²) in [6.07, 6.45) is 4.06. The van der Waals surface area contributed by atoms with Crippen molar-refractivity contribution < 1.29 is 9.59 Å². The molecule has 0 aliphatic carbocycles. The molecule has 8 nitrogen and oxygen atoms in total. The van der Waals surface area contributed by atoms with E-state index in [1.807, 2.05) is 18.4 Å². The van der Waals surface area contributed by atoms with E-state index in [9.17, 15) is 9.59 Å². The molecule has 0 saturated heterocycles. The molecule has 128 valence electrons. The van der Waals surface area contributed by atoms with E-state index >= 15 is 0 Å². The second-order valence-corrected chi connectivity index (χ2v) is 6.39. The number of hydrogen-bond donors (Lipinski definition) is 2. The first-order valence-corrected chi connectivity index (χ1v) is 8.17. The molecule has 8 heteroatoms. The van der Waals surface area contributed by atoms with Crippen LogP contribution in [0.25, 0.3) is 0 Å². The van der Waals surface area contributed by atoms with Crippen LogP contribution in [0.1, 0.15) is 46.9 Å². The fraction of sp³-hybridized carbons (Fsp3) is 0.500. The van der Waals surface area contributed by atoms with E-state index in [1.54, 1.807) is 23.5 Å². The highest BCUT2D eigenvalue weighted by Gasteiger charge is 2.26. The Balaban J connectivity index is 1.80. The van der Waals surface area contributed by atoms with Gasteiger partial charge in [0.2, 0.25) is 0 Å². The van der Waals surface area contributed by atoms with Gasteiger partial charge in [0.1, 0.15) is 5.69 Å². The van der Waals surface area contributed by atoms with E-state index in [4.69, 9.17) is 0 Å². The van der Waals surface area contributed by atoms with Crippen molar-refractivity contribution in [3.63, 3.8) is 0 Å². The molecule has 3 rings (SSSR count). The third-order valence-electron chi connectivity index (χ3n) is 4.02. The predicted octanol–water partition coefficient (Wildman–Crippen LogP) is 1.04. The fourth-order valence-electron chi connectivity index (χ4n) is 2.75. The summed E-state index contributed by atoms with van der Waals surface area (Å²) in [6.45, 7) is 6.42. The lowest BCUT2D eigenvalue weighted by atomic mass is 10.2. The highest BCUT2D eigenvalue weighted by molar-refractivity contribution is 5.94. The minimum absolute atomic E-state index is 0.115. The van der Waals surface area contributed by atoms with Crippen LogP contribution in [0.2, 0.25) is 0 Å². The Morgan fingerprint density at radius 1 is 1.38 bits per heavy atom. The van der Waals surface area contributed by atoms with Crippen LogP contribution in [-0.2, 0) is 13.1 Å². The van der Waals surface area contributed by atoms with Gasteiger partial charge in [0.05, 0.1) is 18.6 Å². The number of fused-ring (bicyclic) bond motifs is 1. The van der Waals surface area contributed by atoms with Gasteiger partial charge >= 0.3 is 0 Å². The van der Waals surface area contributed by atoms with Crippen LogP contribution in [0.5, 0.6) is 0 Å². The number of nitrogens with zero attached hydrogens (tertiary/aromatic N) is 4. The van der Waals surface area contributed by atoms with Crippen molar-refractivity contribution in [1.82, 2.24) is 30.0 Å². The van der Waals surface area contributed by atoms with Crippen molar-refractivity contribution in [2.75, 3.05) is 13.1 Å². The standard InChI is InChI=1S/C16H22N6O2/c1-11(2)8-17-15(23)14-13-9-21(6-3-7-22(13)10-18-14)16(24)12-4-5-19-20-12/h4-5,10-11H,3,6-9H2,1-2H3,(H,17,23)(H,19,20). The van der Waals surface area contributed by atoms with Crippen molar-refractivity contribution in [2.45, 2.75) is 33.4 Å². The van der Waals surface area contributed by atoms with Crippen LogP contribution in [0.3, 0.4) is 0 Å². The molecule has 1 aliphatic rings. The summed E-state index contributed by atoms with van der Waals surface area (Å²) in [7, 11) is 0. The lowest BCUT2D eigenvalue weighted by molar-refractivity contribution is 0.0737. The second kappa shape index (κ2) is 6.86. The van der Waals surface area contributed by atoms with Crippen LogP contribution in [0.15, 0.2) is 18.6 Å². The van der Waals surface area contributed by atoms with Crippen molar-refractivity contribution in [3.05, 3.63) is 35.7 Å². The number of hydrogen-bond acceptors (Lipinski definition) is 4. The Morgan fingerprint density at radius 2 is 2.21 bits per heavy atom. The Hall–Kier alpha value is -2.64. The third kappa shape index (κ3) is 3.32. The van der Waals surface area contributed by atoms with Gasteiger partial charge in [-0.25, -0.2) is 4.98 Å². The van der Waals surface area contributed by atoms with Crippen LogP contribution in [0.4, 0.5) is 0 Å². The Labute approximate surface area is 140 Å². The number of H-pyrrole nitrogens is 1. The first-order valence-electron chi connectivity index (χ1n) is 8.17. The van der Waals surface area contributed by atoms with Gasteiger partial charge in [0, 0.05) is 25.8 Å². The van der Waals surface area contributed by atoms with Crippen LogP contribution < -0.4 is 5.32 Å². The van der Waals surface area contributed by atoms with E-state index < -0.39 is 0 Å². The molecule has 24 heavy (non-hydrogen) atoms. The molecule has 0 radical (unpaired) electrons. The molecule has 2 aromatic heterocycles. The zero-order valence-electron chi connectivity index (χ0n) is 14.0. The quantitative estimate of drug-likeness (QED) is 0.875. The van der Waals surface area contributed by atoms with Gasteiger partial charge in [-0.15, -0.1) is 0 Å². The number of carbonyl (C=O) groups excluding carboxylic acids is 2. The van der Waals surface area contributed by atoms with Crippen LogP contribution in [-0.4, -0.2) is 49.6 Å². The van der Waals surface area contributed by atoms with Crippen molar-refractivity contribution in [2.24, 2.45) is 5.92 Å². The topological polar surface area (TPSA) is 95.9 Å². The molecule has 0 bridgehead atoms. The molecule has 2 N–H and O–H groups in total. The minimum Gasteiger partial charge on any atom is -0.350 e. The zero-order chi connectivity index (χ0) is 17.1. The predicted molar refractivity (Wildman–Crippen MR) is 87.3 cm³/mol. The zero-order valence-corrected chi connectivity index (χ0v) is 14.0. The summed E-state index contributed by atoms with van der Waals surface area (Å²) in [5, 5.41) is 9.42. The molecule has 1 aliphatic heterocycles. The second-order valence-electron chi connectivity index (χ2n) is 6.39. The van der Waals surface area contributed by atoms with Gasteiger partial charge in [-0.1, -0.05) is 13.8 Å². The highest BCUT2D eigenvalue weighted by Crippen LogP contribution is 2.18. The summed E-state index contributed by atoms with van der Waals surface area (Å²) >= 11 is 0. The summed E-state index contributed by atoms with van der Waals surface area (Å²) in [4.78, 5) is 31.0. The summed E-state index contributed by atoms with van der Waals surface area (Å²) in [5.74, 6) is 0.0672. The van der Waals surface area contributed by atoms with E-state index in [2.05, 4.69) is 20.5 Å². The maximum atomic E-state index is 12.6. The number of carbonyl (C=O) groups is 2. The molecular weight excluding hydrogens is 308 g/mol. The summed E-state index contributed by atoms with van der Waals surface area (Å²) in [6, 6.07) is 1.65. The lowest BCUT2D eigenvalue weighted by Gasteiger charge is -2.19. The molecule has 0 saturated carbocycles. The summed E-state index contributed by atoms with van der Waals surface area (Å²) in [5.41, 5.74) is 1.63. The van der Waals surface area contributed by atoms with Crippen LogP contribution in [0, 0.1) is 5.92 Å². The first-order chi connectivity index (χ1) is 11.6. The van der Waals surface area contributed by atoms with Gasteiger partial charge in [-0.05, 0) is 18.4 Å². The smallest absolute Gasteiger partial charge is 0.272 e. The van der Waals surface area contributed by atoms with Crippen molar-refractivity contribution in [3.8, 4) is 0 Å². The number of nitrogens with one attached hydrogen (secondary N) is 2. The Bertz CT molecular complexity index is 719. The highest BCUT2D eigenvalue weighted by atomic mass is 16.2. The molecule has 0 aromatic carbocycles. The van der Waals surface area contributed by atoms with Gasteiger partial charge in [0.15, 0.2) is 5.69 Å². The molecule has 0 spiro atoms. The molecule has 3 heterocycles. The monoisotopic (exact) mass is 330 g/mol. The van der Waals surface area contributed by atoms with Crippen molar-refractivity contribution in [1.29, 1.82) is 0 Å². The number of aromatic amines is 1. The molecule has 0 fully saturated rings. The normalized spacial score (nSPS) is 14.4. The van der Waals surface area contributed by atoms with Gasteiger partial charge in [0.25, 0.3) is 11.8 Å². The SMILES string of the molecule is CC(C)CNC(=O)c1ncn2c1CN(C(=O)c1ccn[nH]1)CCC2. The maximum absolute atomic E-state index is 12.6. The number of imidazole rings is 1. The average Bonchev–Trinajstić information content (AvgIpc) is 3.17. The van der Waals surface area contributed by atoms with E-state index in [0.717, 1.165) is 18.7 Å². The Kier molecular flexibility index (Phi) is 4.64. The van der Waals surface area contributed by atoms with Crippen molar-refractivity contribution >= 4 is 11.8 Å². The number of aryl methyl sites for hydroxylation is 1. The van der Waals surface area contributed by atoms with E-state index in [0.29, 0.717) is 36.9 Å². The third-order valence-corrected chi connectivity index (χ3v) is 4.02. The van der Waals surface area contributed by atoms with Crippen LogP contribution >= 0.6 is 0 Å². The molecule has 2 aromatic rings. The molecule has 0 unspecified atom stereocenters. The molecule has 2 amide bonds. The average molecular weight is 330 g/mol. The van der Waals surface area contributed by atoms with Gasteiger partial charge in [-0.2, -0.15) is 5.10 Å². The number of aromatic nitrogens is 4. The molecular formula is C16H22N6O2. The summed E-state index contributed by atoms with van der Waals surface area (Å²) < 4.78 is 1.96. The number of rotatable bonds is 4. The lowest BCUT2D eigenvalue weighted by Crippen LogP contribution is -2.33. The maximum Gasteiger partial charge on any atom is 0.272 e. The fourth-order valence-corrected chi connectivity index (χ4v) is 2.75. The minimum atomic E-state index is -0.187. The van der Waals surface area contributed by atoms with E-state index in [-0.39, 0.29) is 11.8 Å². The molecule has 0 atom stereocenters.